The molecule has 2 N–H and O–H groups in total. The lowest BCUT2D eigenvalue weighted by Crippen LogP contribution is -2.35. The molecule has 0 aromatic carbocycles. The molecule has 56 valence electrons. The van der Waals surface area contributed by atoms with Crippen molar-refractivity contribution in [2.45, 2.75) is 19.9 Å². The largest absolute Gasteiger partial charge is 0.286 e. The Morgan fingerprint density at radius 2 is 1.89 bits per heavy atom. The predicted octanol–water partition coefficient (Wildman–Crippen LogP) is 0.129. The van der Waals surface area contributed by atoms with Gasteiger partial charge in [0.1, 0.15) is 0 Å². The van der Waals surface area contributed by atoms with Gasteiger partial charge in [-0.2, -0.15) is 13.1 Å². The maximum absolute atomic E-state index is 10.5. The third kappa shape index (κ3) is 4.83. The van der Waals surface area contributed by atoms with E-state index in [4.69, 9.17) is 0 Å². The molecule has 0 radical (unpaired) electrons. The molecule has 0 atom stereocenters. The lowest BCUT2D eigenvalue weighted by molar-refractivity contribution is 0.569. The van der Waals surface area contributed by atoms with Gasteiger partial charge >= 0.3 is 0 Å². The minimum absolute atomic E-state index is 0.0833. The number of hydrogen-bond donors (Lipinski definition) is 2. The molecular weight excluding hydrogens is 208 g/mol. The van der Waals surface area contributed by atoms with E-state index in [0.717, 1.165) is 0 Å². The molecule has 0 rings (SSSR count). The highest BCUT2D eigenvalue weighted by Gasteiger charge is 2.06. The summed E-state index contributed by atoms with van der Waals surface area (Å²) >= 11 is 2.60. The summed E-state index contributed by atoms with van der Waals surface area (Å²) < 4.78 is 25.3. The van der Waals surface area contributed by atoms with Crippen LogP contribution in [0.2, 0.25) is 0 Å². The summed E-state index contributed by atoms with van der Waals surface area (Å²) in [6, 6.07) is -0.0833. The topological polar surface area (TPSA) is 58.2 Å². The van der Waals surface area contributed by atoms with Crippen molar-refractivity contribution in [3.63, 3.8) is 0 Å². The van der Waals surface area contributed by atoms with Gasteiger partial charge in [-0.05, 0) is 13.8 Å². The van der Waals surface area contributed by atoms with Crippen LogP contribution < -0.4 is 8.47 Å². The first-order valence-corrected chi connectivity index (χ1v) is 4.65. The zero-order valence-electron chi connectivity index (χ0n) is 5.18. The number of halogens is 1. The van der Waals surface area contributed by atoms with E-state index in [9.17, 15) is 8.42 Å². The Morgan fingerprint density at radius 1 is 1.44 bits per heavy atom. The molecule has 0 spiro atoms. The SMILES string of the molecule is CC(C)NS(=O)(=O)NBr. The summed E-state index contributed by atoms with van der Waals surface area (Å²) in [5, 5.41) is 0. The standard InChI is InChI=1S/C3H9BrN2O2S/c1-3(2)5-9(7,8)6-4/h3,5-6H,1-2H3. The van der Waals surface area contributed by atoms with Gasteiger partial charge in [0.25, 0.3) is 10.2 Å². The van der Waals surface area contributed by atoms with Crippen molar-refractivity contribution < 1.29 is 8.42 Å². The van der Waals surface area contributed by atoms with E-state index < -0.39 is 10.2 Å². The molecule has 0 aliphatic heterocycles. The van der Waals surface area contributed by atoms with E-state index in [1.54, 1.807) is 13.8 Å². The van der Waals surface area contributed by atoms with Crippen LogP contribution in [0.15, 0.2) is 0 Å². The molecule has 0 amide bonds. The highest BCUT2D eigenvalue weighted by atomic mass is 79.9. The van der Waals surface area contributed by atoms with Gasteiger partial charge in [0.2, 0.25) is 0 Å². The van der Waals surface area contributed by atoms with Gasteiger partial charge in [0, 0.05) is 22.2 Å². The normalized spacial score (nSPS) is 12.4. The van der Waals surface area contributed by atoms with Crippen molar-refractivity contribution in [2.24, 2.45) is 0 Å². The van der Waals surface area contributed by atoms with Crippen LogP contribution in [0.5, 0.6) is 0 Å². The number of hydrogen-bond acceptors (Lipinski definition) is 2. The smallest absolute Gasteiger partial charge is 0.199 e. The Morgan fingerprint density at radius 3 is 2.00 bits per heavy atom. The minimum Gasteiger partial charge on any atom is -0.199 e. The third-order valence-corrected chi connectivity index (χ3v) is 2.76. The zero-order chi connectivity index (χ0) is 7.49. The van der Waals surface area contributed by atoms with Gasteiger partial charge in [-0.15, -0.1) is 3.75 Å². The fourth-order valence-corrected chi connectivity index (χ4v) is 1.28. The van der Waals surface area contributed by atoms with Crippen LogP contribution in [0.25, 0.3) is 0 Å². The van der Waals surface area contributed by atoms with Gasteiger partial charge in [0.05, 0.1) is 0 Å². The van der Waals surface area contributed by atoms with Gasteiger partial charge < -0.3 is 0 Å². The average Bonchev–Trinajstić information content (AvgIpc) is 1.63. The number of nitrogens with one attached hydrogen (secondary N) is 2. The summed E-state index contributed by atoms with van der Waals surface area (Å²) in [6.07, 6.45) is 0. The van der Waals surface area contributed by atoms with Gasteiger partial charge in [-0.3, -0.25) is 0 Å². The molecule has 0 aromatic rings. The van der Waals surface area contributed by atoms with Crippen LogP contribution in [0.3, 0.4) is 0 Å². The molecule has 6 heteroatoms. The van der Waals surface area contributed by atoms with Crippen molar-refractivity contribution in [2.75, 3.05) is 0 Å². The quantitative estimate of drug-likeness (QED) is 0.660. The van der Waals surface area contributed by atoms with Crippen LogP contribution in [0.4, 0.5) is 0 Å². The van der Waals surface area contributed by atoms with E-state index in [0.29, 0.717) is 0 Å². The van der Waals surface area contributed by atoms with Gasteiger partial charge in [-0.25, -0.2) is 0 Å². The molecule has 0 bridgehead atoms. The Balaban J connectivity index is 3.90. The molecule has 0 aliphatic carbocycles. The second kappa shape index (κ2) is 3.50. The van der Waals surface area contributed by atoms with Crippen molar-refractivity contribution in [3.8, 4) is 0 Å². The maximum atomic E-state index is 10.5. The Bertz CT molecular complexity index is 165. The molecule has 0 aliphatic rings. The lowest BCUT2D eigenvalue weighted by Gasteiger charge is -2.05. The summed E-state index contributed by atoms with van der Waals surface area (Å²) in [5.41, 5.74) is 0. The zero-order valence-corrected chi connectivity index (χ0v) is 7.58. The summed E-state index contributed by atoms with van der Waals surface area (Å²) in [5.74, 6) is 0. The second-order valence-corrected chi connectivity index (χ2v) is 4.22. The van der Waals surface area contributed by atoms with E-state index in [1.807, 2.05) is 3.75 Å². The Kier molecular flexibility index (Phi) is 3.64. The fraction of sp³-hybridized carbons (Fsp3) is 1.00. The lowest BCUT2D eigenvalue weighted by atomic mass is 10.4. The van der Waals surface area contributed by atoms with Crippen molar-refractivity contribution in [1.82, 2.24) is 8.47 Å². The highest BCUT2D eigenvalue weighted by molar-refractivity contribution is 9.09. The summed E-state index contributed by atoms with van der Waals surface area (Å²) in [6.45, 7) is 3.48. The first-order valence-electron chi connectivity index (χ1n) is 2.37. The third-order valence-electron chi connectivity index (χ3n) is 0.492. The average molecular weight is 217 g/mol. The number of rotatable bonds is 3. The van der Waals surface area contributed by atoms with Crippen molar-refractivity contribution in [1.29, 1.82) is 0 Å². The van der Waals surface area contributed by atoms with Crippen LogP contribution in [0.1, 0.15) is 13.8 Å². The van der Waals surface area contributed by atoms with E-state index in [1.165, 1.54) is 0 Å². The van der Waals surface area contributed by atoms with E-state index >= 15 is 0 Å². The van der Waals surface area contributed by atoms with E-state index in [2.05, 4.69) is 20.9 Å². The van der Waals surface area contributed by atoms with Crippen LogP contribution in [-0.4, -0.2) is 14.5 Å². The predicted molar refractivity (Wildman–Crippen MR) is 39.3 cm³/mol. The van der Waals surface area contributed by atoms with Crippen molar-refractivity contribution in [3.05, 3.63) is 0 Å². The first-order chi connectivity index (χ1) is 3.98. The molecule has 0 fully saturated rings. The van der Waals surface area contributed by atoms with Gasteiger partial charge in [0.15, 0.2) is 0 Å². The van der Waals surface area contributed by atoms with Gasteiger partial charge in [-0.1, -0.05) is 0 Å². The highest BCUT2D eigenvalue weighted by Crippen LogP contribution is 1.84. The summed E-state index contributed by atoms with van der Waals surface area (Å²) in [4.78, 5) is 0. The van der Waals surface area contributed by atoms with Crippen LogP contribution in [0, 0.1) is 0 Å². The second-order valence-electron chi connectivity index (χ2n) is 1.85. The summed E-state index contributed by atoms with van der Waals surface area (Å²) in [7, 11) is -3.30. The monoisotopic (exact) mass is 216 g/mol. The van der Waals surface area contributed by atoms with Crippen LogP contribution in [-0.2, 0) is 10.2 Å². The molecule has 0 unspecified atom stereocenters. The molecule has 4 nitrogen and oxygen atoms in total. The first kappa shape index (κ1) is 9.35. The Labute approximate surface area is 63.5 Å². The van der Waals surface area contributed by atoms with Crippen LogP contribution >= 0.6 is 16.1 Å². The molecule has 0 heterocycles. The molecule has 9 heavy (non-hydrogen) atoms. The van der Waals surface area contributed by atoms with E-state index in [-0.39, 0.29) is 6.04 Å². The van der Waals surface area contributed by atoms with Crippen molar-refractivity contribution >= 4 is 26.4 Å². The molecule has 0 saturated carbocycles. The molecule has 0 saturated heterocycles. The maximum Gasteiger partial charge on any atom is 0.286 e. The minimum atomic E-state index is -3.30. The Hall–Kier alpha value is 0.350. The fourth-order valence-electron chi connectivity index (χ4n) is 0.333. The molecular formula is C3H9BrN2O2S. The molecule has 0 aromatic heterocycles.